The second kappa shape index (κ2) is 8.74. The van der Waals surface area contributed by atoms with E-state index in [0.29, 0.717) is 13.1 Å². The standard InChI is InChI=1S/C26H33N3O2/c1-26(2,3)22-11-7-8-12-23(22)27-15-17-28(18-16-27)25(31)24-14-13-21(19-30)29(24)20-9-5-4-6-10-20/h4-12,19,21,24H,13-18H2,1-3H3. The summed E-state index contributed by atoms with van der Waals surface area (Å²) in [4.78, 5) is 31.6. The monoisotopic (exact) mass is 419 g/mol. The first-order valence-electron chi connectivity index (χ1n) is 11.3. The Morgan fingerprint density at radius 1 is 0.903 bits per heavy atom. The van der Waals surface area contributed by atoms with E-state index in [1.54, 1.807) is 0 Å². The average molecular weight is 420 g/mol. The summed E-state index contributed by atoms with van der Waals surface area (Å²) in [6.45, 7) is 9.81. The molecule has 2 aliphatic heterocycles. The van der Waals surface area contributed by atoms with Crippen molar-refractivity contribution in [3.05, 3.63) is 60.2 Å². The number of benzene rings is 2. The van der Waals surface area contributed by atoms with Gasteiger partial charge in [0.15, 0.2) is 0 Å². The summed E-state index contributed by atoms with van der Waals surface area (Å²) in [7, 11) is 0. The van der Waals surface area contributed by atoms with Crippen molar-refractivity contribution in [3.8, 4) is 0 Å². The number of hydrogen-bond acceptors (Lipinski definition) is 4. The summed E-state index contributed by atoms with van der Waals surface area (Å²) in [5.74, 6) is 0.150. The van der Waals surface area contributed by atoms with Crippen LogP contribution < -0.4 is 9.80 Å². The van der Waals surface area contributed by atoms with Crippen molar-refractivity contribution in [1.29, 1.82) is 0 Å². The van der Waals surface area contributed by atoms with Crippen LogP contribution in [0.3, 0.4) is 0 Å². The maximum Gasteiger partial charge on any atom is 0.245 e. The van der Waals surface area contributed by atoms with E-state index in [1.807, 2.05) is 40.1 Å². The van der Waals surface area contributed by atoms with Crippen LogP contribution in [0.4, 0.5) is 11.4 Å². The van der Waals surface area contributed by atoms with E-state index < -0.39 is 0 Å². The number of nitrogens with zero attached hydrogens (tertiary/aromatic N) is 3. The fourth-order valence-electron chi connectivity index (χ4n) is 4.95. The number of amides is 1. The third kappa shape index (κ3) is 4.32. The van der Waals surface area contributed by atoms with Crippen LogP contribution in [0.25, 0.3) is 0 Å². The van der Waals surface area contributed by atoms with E-state index in [1.165, 1.54) is 11.3 Å². The van der Waals surface area contributed by atoms with Crippen LogP contribution in [-0.2, 0) is 15.0 Å². The second-order valence-electron chi connectivity index (χ2n) is 9.62. The number of anilines is 2. The van der Waals surface area contributed by atoms with Crippen LogP contribution in [0.5, 0.6) is 0 Å². The SMILES string of the molecule is CC(C)(C)c1ccccc1N1CCN(C(=O)C2CCC(C=O)N2c2ccccc2)CC1. The van der Waals surface area contributed by atoms with Gasteiger partial charge in [-0.2, -0.15) is 0 Å². The topological polar surface area (TPSA) is 43.9 Å². The normalized spacial score (nSPS) is 22.0. The lowest BCUT2D eigenvalue weighted by atomic mass is 9.85. The summed E-state index contributed by atoms with van der Waals surface area (Å²) < 4.78 is 0. The quantitative estimate of drug-likeness (QED) is 0.706. The number of rotatable bonds is 4. The van der Waals surface area contributed by atoms with Crippen molar-refractivity contribution in [2.24, 2.45) is 0 Å². The number of carbonyl (C=O) groups is 2. The molecule has 0 radical (unpaired) electrons. The van der Waals surface area contributed by atoms with Gasteiger partial charge in [0, 0.05) is 37.6 Å². The molecule has 31 heavy (non-hydrogen) atoms. The maximum atomic E-state index is 13.5. The first-order chi connectivity index (χ1) is 14.9. The van der Waals surface area contributed by atoms with E-state index in [9.17, 15) is 9.59 Å². The van der Waals surface area contributed by atoms with Crippen molar-refractivity contribution in [2.75, 3.05) is 36.0 Å². The minimum atomic E-state index is -0.258. The van der Waals surface area contributed by atoms with Crippen LogP contribution >= 0.6 is 0 Å². The Balaban J connectivity index is 1.47. The third-order valence-corrected chi connectivity index (χ3v) is 6.57. The summed E-state index contributed by atoms with van der Waals surface area (Å²) in [6.07, 6.45) is 2.44. The summed E-state index contributed by atoms with van der Waals surface area (Å²) >= 11 is 0. The molecular weight excluding hydrogens is 386 g/mol. The van der Waals surface area contributed by atoms with Gasteiger partial charge in [-0.3, -0.25) is 4.79 Å². The molecule has 5 heteroatoms. The lowest BCUT2D eigenvalue weighted by molar-refractivity contribution is -0.132. The summed E-state index contributed by atoms with van der Waals surface area (Å²) in [5, 5.41) is 0. The van der Waals surface area contributed by atoms with Crippen LogP contribution in [0.2, 0.25) is 0 Å². The molecule has 2 unspecified atom stereocenters. The molecule has 4 rings (SSSR count). The molecule has 0 saturated carbocycles. The Kier molecular flexibility index (Phi) is 6.03. The summed E-state index contributed by atoms with van der Waals surface area (Å²) in [6, 6.07) is 18.0. The Hall–Kier alpha value is -2.82. The molecule has 1 amide bonds. The lowest BCUT2D eigenvalue weighted by Gasteiger charge is -2.40. The largest absolute Gasteiger partial charge is 0.368 e. The van der Waals surface area contributed by atoms with Gasteiger partial charge in [0.25, 0.3) is 0 Å². The van der Waals surface area contributed by atoms with Gasteiger partial charge in [-0.1, -0.05) is 57.2 Å². The van der Waals surface area contributed by atoms with Crippen LogP contribution in [-0.4, -0.2) is 55.4 Å². The lowest BCUT2D eigenvalue weighted by Crippen LogP contribution is -2.55. The number of aldehydes is 1. The van der Waals surface area contributed by atoms with E-state index in [-0.39, 0.29) is 23.4 Å². The predicted octanol–water partition coefficient (Wildman–Crippen LogP) is 3.87. The van der Waals surface area contributed by atoms with Gasteiger partial charge < -0.3 is 19.5 Å². The first-order valence-corrected chi connectivity index (χ1v) is 11.3. The molecule has 0 N–H and O–H groups in total. The molecule has 5 nitrogen and oxygen atoms in total. The number of carbonyl (C=O) groups excluding carboxylic acids is 2. The van der Waals surface area contributed by atoms with Gasteiger partial charge in [-0.25, -0.2) is 0 Å². The zero-order valence-corrected chi connectivity index (χ0v) is 18.8. The zero-order valence-electron chi connectivity index (χ0n) is 18.8. The Morgan fingerprint density at radius 3 is 2.19 bits per heavy atom. The highest BCUT2D eigenvalue weighted by molar-refractivity contribution is 5.88. The van der Waals surface area contributed by atoms with Crippen LogP contribution in [0, 0.1) is 0 Å². The minimum absolute atomic E-state index is 0.0768. The van der Waals surface area contributed by atoms with Crippen molar-refractivity contribution in [1.82, 2.24) is 4.90 Å². The van der Waals surface area contributed by atoms with Gasteiger partial charge in [0.05, 0.1) is 6.04 Å². The molecule has 2 saturated heterocycles. The highest BCUT2D eigenvalue weighted by Gasteiger charge is 2.40. The maximum absolute atomic E-state index is 13.5. The van der Waals surface area contributed by atoms with Crippen molar-refractivity contribution in [3.63, 3.8) is 0 Å². The summed E-state index contributed by atoms with van der Waals surface area (Å²) in [5.41, 5.74) is 3.64. The van der Waals surface area contributed by atoms with Gasteiger partial charge in [-0.15, -0.1) is 0 Å². The molecule has 0 bridgehead atoms. The Labute approximate surface area is 185 Å². The predicted molar refractivity (Wildman–Crippen MR) is 126 cm³/mol. The van der Waals surface area contributed by atoms with Crippen molar-refractivity contribution < 1.29 is 9.59 Å². The molecule has 2 aliphatic rings. The fraction of sp³-hybridized carbons (Fsp3) is 0.462. The minimum Gasteiger partial charge on any atom is -0.368 e. The molecule has 0 aliphatic carbocycles. The highest BCUT2D eigenvalue weighted by atomic mass is 16.2. The number of piperazine rings is 1. The Morgan fingerprint density at radius 2 is 1.55 bits per heavy atom. The number of hydrogen-bond donors (Lipinski definition) is 0. The van der Waals surface area contributed by atoms with Gasteiger partial charge in [0.2, 0.25) is 5.91 Å². The van der Waals surface area contributed by atoms with Gasteiger partial charge in [-0.05, 0) is 42.0 Å². The molecule has 2 aromatic carbocycles. The molecule has 2 aromatic rings. The van der Waals surface area contributed by atoms with E-state index in [2.05, 4.69) is 49.9 Å². The first kappa shape index (κ1) is 21.4. The van der Waals surface area contributed by atoms with Gasteiger partial charge in [0.1, 0.15) is 12.3 Å². The van der Waals surface area contributed by atoms with Crippen molar-refractivity contribution in [2.45, 2.75) is 51.1 Å². The Bertz CT molecular complexity index is 914. The zero-order chi connectivity index (χ0) is 22.0. The van der Waals surface area contributed by atoms with Gasteiger partial charge >= 0.3 is 0 Å². The number of para-hydroxylation sites is 2. The smallest absolute Gasteiger partial charge is 0.245 e. The molecular formula is C26H33N3O2. The fourth-order valence-corrected chi connectivity index (χ4v) is 4.95. The third-order valence-electron chi connectivity index (χ3n) is 6.57. The molecule has 2 heterocycles. The van der Waals surface area contributed by atoms with Crippen LogP contribution in [0.1, 0.15) is 39.2 Å². The molecule has 2 fully saturated rings. The molecule has 164 valence electrons. The van der Waals surface area contributed by atoms with Crippen LogP contribution in [0.15, 0.2) is 54.6 Å². The molecule has 0 spiro atoms. The highest BCUT2D eigenvalue weighted by Crippen LogP contribution is 2.33. The molecule has 0 aromatic heterocycles. The second-order valence-corrected chi connectivity index (χ2v) is 9.62. The average Bonchev–Trinajstić information content (AvgIpc) is 3.23. The molecule has 2 atom stereocenters. The van der Waals surface area contributed by atoms with Crippen molar-refractivity contribution >= 4 is 23.6 Å². The van der Waals surface area contributed by atoms with E-state index >= 15 is 0 Å². The van der Waals surface area contributed by atoms with E-state index in [0.717, 1.165) is 37.9 Å². The van der Waals surface area contributed by atoms with E-state index in [4.69, 9.17) is 0 Å².